The number of carbonyl (C=O) groups excluding carboxylic acids is 1. The number of methoxy groups -OCH3 is 1. The summed E-state index contributed by atoms with van der Waals surface area (Å²) in [5.41, 5.74) is 4.90. The Hall–Kier alpha value is -4.46. The zero-order valence-electron chi connectivity index (χ0n) is 24.8. The summed E-state index contributed by atoms with van der Waals surface area (Å²) in [7, 11) is 1.36. The van der Waals surface area contributed by atoms with E-state index in [1.807, 2.05) is 68.4 Å². The van der Waals surface area contributed by atoms with Crippen LogP contribution in [0.25, 0.3) is 11.1 Å². The summed E-state index contributed by atoms with van der Waals surface area (Å²) in [5.74, 6) is 1.42. The summed E-state index contributed by atoms with van der Waals surface area (Å²) in [6, 6.07) is 21.6. The number of alkyl halides is 3. The molecule has 0 bridgehead atoms. The van der Waals surface area contributed by atoms with Crippen LogP contribution in [-0.2, 0) is 28.7 Å². The highest BCUT2D eigenvalue weighted by Gasteiger charge is 2.39. The van der Waals surface area contributed by atoms with E-state index in [4.69, 9.17) is 18.9 Å². The summed E-state index contributed by atoms with van der Waals surface area (Å²) in [6.07, 6.45) is -3.72. The van der Waals surface area contributed by atoms with Crippen molar-refractivity contribution in [1.29, 1.82) is 0 Å². The van der Waals surface area contributed by atoms with E-state index in [-0.39, 0.29) is 23.9 Å². The molecule has 0 radical (unpaired) electrons. The first-order valence-corrected chi connectivity index (χ1v) is 14.6. The Kier molecular flexibility index (Phi) is 8.01. The molecule has 4 aromatic carbocycles. The van der Waals surface area contributed by atoms with Gasteiger partial charge in [-0.2, -0.15) is 13.2 Å². The lowest BCUT2D eigenvalue weighted by molar-refractivity contribution is -0.141. The van der Waals surface area contributed by atoms with Crippen molar-refractivity contribution in [3.8, 4) is 28.4 Å². The van der Waals surface area contributed by atoms with Gasteiger partial charge in [0.15, 0.2) is 0 Å². The third-order valence-corrected chi connectivity index (χ3v) is 8.45. The molecule has 5 nitrogen and oxygen atoms in total. The molecule has 1 heterocycles. The van der Waals surface area contributed by atoms with Crippen LogP contribution in [0.15, 0.2) is 72.8 Å². The number of hydrogen-bond donors (Lipinski definition) is 0. The quantitative estimate of drug-likeness (QED) is 0.189. The summed E-state index contributed by atoms with van der Waals surface area (Å²) in [6.45, 7) is 4.40. The van der Waals surface area contributed by atoms with Crippen LogP contribution in [0, 0.1) is 13.8 Å². The molecule has 1 aliphatic heterocycles. The molecule has 8 heteroatoms. The summed E-state index contributed by atoms with van der Waals surface area (Å²) < 4.78 is 66.4. The Labute approximate surface area is 254 Å². The molecule has 0 spiro atoms. The van der Waals surface area contributed by atoms with Gasteiger partial charge in [0, 0.05) is 17.5 Å². The lowest BCUT2D eigenvalue weighted by atomic mass is 9.86. The van der Waals surface area contributed by atoms with Crippen LogP contribution in [0.1, 0.15) is 63.8 Å². The highest BCUT2D eigenvalue weighted by molar-refractivity contribution is 5.80. The number of hydrogen-bond acceptors (Lipinski definition) is 5. The van der Waals surface area contributed by atoms with E-state index >= 15 is 0 Å². The van der Waals surface area contributed by atoms with Gasteiger partial charge in [0.1, 0.15) is 30.0 Å². The number of carbonyl (C=O) groups is 1. The predicted octanol–water partition coefficient (Wildman–Crippen LogP) is 8.67. The minimum absolute atomic E-state index is 0.0938. The molecule has 6 rings (SSSR count). The average molecular weight is 603 g/mol. The van der Waals surface area contributed by atoms with Crippen molar-refractivity contribution < 1.29 is 36.9 Å². The van der Waals surface area contributed by atoms with Gasteiger partial charge in [-0.05, 0) is 89.9 Å². The van der Waals surface area contributed by atoms with E-state index in [2.05, 4.69) is 0 Å². The van der Waals surface area contributed by atoms with Crippen molar-refractivity contribution in [2.24, 2.45) is 0 Å². The van der Waals surface area contributed by atoms with Crippen molar-refractivity contribution in [3.05, 3.63) is 112 Å². The topological polar surface area (TPSA) is 54.0 Å². The molecule has 1 aliphatic carbocycles. The van der Waals surface area contributed by atoms with Gasteiger partial charge in [-0.3, -0.25) is 4.79 Å². The van der Waals surface area contributed by atoms with Gasteiger partial charge in [0.25, 0.3) is 0 Å². The molecule has 0 amide bonds. The Balaban J connectivity index is 1.30. The first kappa shape index (κ1) is 29.6. The Bertz CT molecular complexity index is 1670. The zero-order chi connectivity index (χ0) is 31.0. The van der Waals surface area contributed by atoms with Crippen LogP contribution in [0.4, 0.5) is 13.2 Å². The molecule has 0 fully saturated rings. The molecular weight excluding hydrogens is 569 g/mol. The number of aryl methyl sites for hydroxylation is 2. The maximum Gasteiger partial charge on any atom is 0.417 e. The minimum atomic E-state index is -4.53. The van der Waals surface area contributed by atoms with E-state index in [1.54, 1.807) is 12.1 Å². The largest absolute Gasteiger partial charge is 0.492 e. The minimum Gasteiger partial charge on any atom is -0.492 e. The van der Waals surface area contributed by atoms with Gasteiger partial charge in [-0.25, -0.2) is 0 Å². The number of ether oxygens (including phenoxy) is 4. The lowest BCUT2D eigenvalue weighted by Gasteiger charge is -2.22. The lowest BCUT2D eigenvalue weighted by Crippen LogP contribution is -2.11. The molecule has 0 saturated carbocycles. The second-order valence-corrected chi connectivity index (χ2v) is 11.4. The van der Waals surface area contributed by atoms with Crippen molar-refractivity contribution in [3.63, 3.8) is 0 Å². The van der Waals surface area contributed by atoms with Crippen LogP contribution >= 0.6 is 0 Å². The molecular formula is C36H33F3O5. The van der Waals surface area contributed by atoms with Crippen LogP contribution < -0.4 is 14.2 Å². The van der Waals surface area contributed by atoms with Gasteiger partial charge in [-0.15, -0.1) is 0 Å². The fourth-order valence-corrected chi connectivity index (χ4v) is 6.40. The first-order valence-electron chi connectivity index (χ1n) is 14.6. The first-order chi connectivity index (χ1) is 21.1. The predicted molar refractivity (Wildman–Crippen MR) is 160 cm³/mol. The molecule has 0 N–H and O–H groups in total. The molecule has 228 valence electrons. The van der Waals surface area contributed by atoms with Crippen molar-refractivity contribution in [1.82, 2.24) is 0 Å². The van der Waals surface area contributed by atoms with E-state index in [0.717, 1.165) is 16.7 Å². The molecule has 2 aliphatic rings. The monoisotopic (exact) mass is 602 g/mol. The summed E-state index contributed by atoms with van der Waals surface area (Å²) in [5, 5.41) is 0. The fourth-order valence-electron chi connectivity index (χ4n) is 6.40. The molecule has 0 aromatic heterocycles. The standard InChI is InChI=1S/C36H33F3O5/c1-21-15-26(42-19-23-7-5-4-6-8-23)16-22(2)34(21)35-29-12-14-31(28(29)11-13-30(35)36(37,38)39)44-25-9-10-27-24(17-33(40)41-3)20-43-32(27)18-25/h4-11,13,15-16,18,24,31H,12,14,17,19-20H2,1-3H3. The molecule has 44 heavy (non-hydrogen) atoms. The van der Waals surface area contributed by atoms with Crippen molar-refractivity contribution >= 4 is 5.97 Å². The van der Waals surface area contributed by atoms with E-state index in [1.165, 1.54) is 13.2 Å². The molecule has 2 unspecified atom stereocenters. The maximum atomic E-state index is 14.5. The third kappa shape index (κ3) is 5.85. The maximum absolute atomic E-state index is 14.5. The van der Waals surface area contributed by atoms with Gasteiger partial charge < -0.3 is 18.9 Å². The van der Waals surface area contributed by atoms with Crippen LogP contribution in [-0.4, -0.2) is 19.7 Å². The zero-order valence-corrected chi connectivity index (χ0v) is 24.8. The Morgan fingerprint density at radius 2 is 1.64 bits per heavy atom. The number of esters is 1. The second-order valence-electron chi connectivity index (χ2n) is 11.4. The second kappa shape index (κ2) is 11.9. The van der Waals surface area contributed by atoms with Crippen molar-refractivity contribution in [2.75, 3.05) is 13.7 Å². The molecule has 2 atom stereocenters. The third-order valence-electron chi connectivity index (χ3n) is 8.45. The molecule has 0 saturated heterocycles. The van der Waals surface area contributed by atoms with E-state index in [0.29, 0.717) is 65.6 Å². The Morgan fingerprint density at radius 1 is 0.909 bits per heavy atom. The number of fused-ring (bicyclic) bond motifs is 2. The van der Waals surface area contributed by atoms with E-state index < -0.39 is 17.8 Å². The van der Waals surface area contributed by atoms with Gasteiger partial charge in [0.2, 0.25) is 0 Å². The summed E-state index contributed by atoms with van der Waals surface area (Å²) >= 11 is 0. The van der Waals surface area contributed by atoms with Crippen LogP contribution in [0.3, 0.4) is 0 Å². The molecule has 4 aromatic rings. The number of benzene rings is 4. The smallest absolute Gasteiger partial charge is 0.417 e. The highest BCUT2D eigenvalue weighted by Crippen LogP contribution is 2.48. The van der Waals surface area contributed by atoms with Crippen LogP contribution in [0.5, 0.6) is 17.2 Å². The Morgan fingerprint density at radius 3 is 2.34 bits per heavy atom. The van der Waals surface area contributed by atoms with Gasteiger partial charge >= 0.3 is 12.1 Å². The summed E-state index contributed by atoms with van der Waals surface area (Å²) in [4.78, 5) is 11.8. The van der Waals surface area contributed by atoms with Crippen LogP contribution in [0.2, 0.25) is 0 Å². The van der Waals surface area contributed by atoms with E-state index in [9.17, 15) is 18.0 Å². The number of rotatable bonds is 8. The number of halogens is 3. The fraction of sp³-hybridized carbons (Fsp3) is 0.306. The normalized spacial score (nSPS) is 17.0. The average Bonchev–Trinajstić information content (AvgIpc) is 3.59. The van der Waals surface area contributed by atoms with Gasteiger partial charge in [0.05, 0.1) is 25.7 Å². The van der Waals surface area contributed by atoms with Gasteiger partial charge in [-0.1, -0.05) is 42.5 Å². The van der Waals surface area contributed by atoms with Crippen molar-refractivity contribution in [2.45, 2.75) is 57.9 Å². The SMILES string of the molecule is COC(=O)CC1COc2cc(OC3CCc4c3ccc(C(F)(F)F)c4-c3c(C)cc(OCc4ccccc4)cc3C)ccc21. The highest BCUT2D eigenvalue weighted by atomic mass is 19.4.